The zero-order valence-corrected chi connectivity index (χ0v) is 14.3. The van der Waals surface area contributed by atoms with Gasteiger partial charge >= 0.3 is 0 Å². The Balaban J connectivity index is 2.59. The average Bonchev–Trinajstić information content (AvgIpc) is 2.65. The summed E-state index contributed by atoms with van der Waals surface area (Å²) >= 11 is 9.91. The third kappa shape index (κ3) is 5.39. The Kier molecular flexibility index (Phi) is 6.25. The van der Waals surface area contributed by atoms with Gasteiger partial charge in [-0.3, -0.25) is 4.79 Å². The van der Waals surface area contributed by atoms with Gasteiger partial charge in [-0.2, -0.15) is 0 Å². The maximum absolute atomic E-state index is 11.9. The van der Waals surface area contributed by atoms with Crippen LogP contribution in [-0.2, 0) is 14.8 Å². The zero-order valence-electron chi connectivity index (χ0n) is 10.4. The fourth-order valence-corrected chi connectivity index (χ4v) is 4.50. The Hall–Kier alpha value is -0.150. The molecule has 0 aliphatic heterocycles. The number of hydrogen-bond donors (Lipinski definition) is 2. The van der Waals surface area contributed by atoms with E-state index in [1.807, 2.05) is 13.8 Å². The second-order valence-corrected chi connectivity index (χ2v) is 8.98. The lowest BCUT2D eigenvalue weighted by Gasteiger charge is -2.08. The summed E-state index contributed by atoms with van der Waals surface area (Å²) in [5.41, 5.74) is 0. The van der Waals surface area contributed by atoms with Crippen LogP contribution in [0.5, 0.6) is 0 Å². The first-order valence-electron chi connectivity index (χ1n) is 5.43. The molecule has 5 nitrogen and oxygen atoms in total. The SMILES string of the molecule is CC(C)CNC(=O)CNS(=O)(=O)c1cc(Cl)c(Br)s1. The summed E-state index contributed by atoms with van der Waals surface area (Å²) in [6, 6.07) is 1.34. The van der Waals surface area contributed by atoms with E-state index in [1.54, 1.807) is 0 Å². The molecule has 1 rings (SSSR count). The first-order chi connectivity index (χ1) is 8.72. The number of sulfonamides is 1. The van der Waals surface area contributed by atoms with Gasteiger partial charge in [0, 0.05) is 6.54 Å². The Morgan fingerprint density at radius 3 is 2.63 bits per heavy atom. The van der Waals surface area contributed by atoms with Crippen LogP contribution in [0.1, 0.15) is 13.8 Å². The molecule has 0 fully saturated rings. The smallest absolute Gasteiger partial charge is 0.250 e. The monoisotopic (exact) mass is 388 g/mol. The van der Waals surface area contributed by atoms with Crippen LogP contribution in [-0.4, -0.2) is 27.4 Å². The molecular weight excluding hydrogens is 376 g/mol. The van der Waals surface area contributed by atoms with Crippen LogP contribution in [0.25, 0.3) is 0 Å². The highest BCUT2D eigenvalue weighted by molar-refractivity contribution is 9.11. The Morgan fingerprint density at radius 1 is 1.53 bits per heavy atom. The zero-order chi connectivity index (χ0) is 14.6. The first kappa shape index (κ1) is 16.9. The van der Waals surface area contributed by atoms with Crippen LogP contribution in [0, 0.1) is 5.92 Å². The van der Waals surface area contributed by atoms with E-state index >= 15 is 0 Å². The number of carbonyl (C=O) groups excluding carboxylic acids is 1. The summed E-state index contributed by atoms with van der Waals surface area (Å²) in [5.74, 6) is -0.0494. The number of carbonyl (C=O) groups is 1. The number of nitrogens with one attached hydrogen (secondary N) is 2. The lowest BCUT2D eigenvalue weighted by molar-refractivity contribution is -0.120. The highest BCUT2D eigenvalue weighted by atomic mass is 79.9. The maximum atomic E-state index is 11.9. The third-order valence-corrected chi connectivity index (χ3v) is 6.37. The van der Waals surface area contributed by atoms with Crippen molar-refractivity contribution in [3.8, 4) is 0 Å². The largest absolute Gasteiger partial charge is 0.355 e. The molecule has 2 N–H and O–H groups in total. The molecule has 0 aliphatic rings. The molecule has 0 radical (unpaired) electrons. The standard InChI is InChI=1S/C10H14BrClN2O3S2/c1-6(2)4-13-8(15)5-14-19(16,17)9-3-7(12)10(11)18-9/h3,6,14H,4-5H2,1-2H3,(H,13,15). The summed E-state index contributed by atoms with van der Waals surface area (Å²) in [6.45, 7) is 4.13. The van der Waals surface area contributed by atoms with E-state index in [-0.39, 0.29) is 16.7 Å². The maximum Gasteiger partial charge on any atom is 0.250 e. The van der Waals surface area contributed by atoms with Gasteiger partial charge in [-0.15, -0.1) is 11.3 Å². The van der Waals surface area contributed by atoms with Crippen molar-refractivity contribution in [3.05, 3.63) is 14.9 Å². The number of amides is 1. The van der Waals surface area contributed by atoms with Crippen molar-refractivity contribution in [1.82, 2.24) is 10.0 Å². The van der Waals surface area contributed by atoms with Crippen LogP contribution in [0.15, 0.2) is 14.1 Å². The summed E-state index contributed by atoms with van der Waals surface area (Å²) < 4.78 is 26.6. The molecule has 19 heavy (non-hydrogen) atoms. The second-order valence-electron chi connectivity index (χ2n) is 4.21. The third-order valence-electron chi connectivity index (χ3n) is 2.02. The minimum absolute atomic E-state index is 0.0704. The minimum Gasteiger partial charge on any atom is -0.355 e. The topological polar surface area (TPSA) is 75.3 Å². The van der Waals surface area contributed by atoms with E-state index in [4.69, 9.17) is 11.6 Å². The van der Waals surface area contributed by atoms with E-state index in [2.05, 4.69) is 26.0 Å². The molecule has 0 atom stereocenters. The molecular formula is C10H14BrClN2O3S2. The van der Waals surface area contributed by atoms with Gasteiger partial charge in [-0.05, 0) is 27.9 Å². The lowest BCUT2D eigenvalue weighted by atomic mass is 10.2. The van der Waals surface area contributed by atoms with Gasteiger partial charge in [0.2, 0.25) is 5.91 Å². The van der Waals surface area contributed by atoms with Gasteiger partial charge in [-0.25, -0.2) is 13.1 Å². The van der Waals surface area contributed by atoms with Crippen molar-refractivity contribution >= 4 is 54.8 Å². The van der Waals surface area contributed by atoms with Crippen LogP contribution in [0.2, 0.25) is 5.02 Å². The second kappa shape index (κ2) is 7.03. The fraction of sp³-hybridized carbons (Fsp3) is 0.500. The van der Waals surface area contributed by atoms with Crippen LogP contribution in [0.3, 0.4) is 0 Å². The first-order valence-corrected chi connectivity index (χ1v) is 8.90. The summed E-state index contributed by atoms with van der Waals surface area (Å²) in [4.78, 5) is 11.4. The van der Waals surface area contributed by atoms with Crippen LogP contribution in [0.4, 0.5) is 0 Å². The van der Waals surface area contributed by atoms with Gasteiger partial charge in [-0.1, -0.05) is 25.4 Å². The highest BCUT2D eigenvalue weighted by Gasteiger charge is 2.19. The van der Waals surface area contributed by atoms with E-state index in [0.29, 0.717) is 21.3 Å². The summed E-state index contributed by atoms with van der Waals surface area (Å²) in [7, 11) is -3.70. The molecule has 0 saturated heterocycles. The molecule has 0 saturated carbocycles. The summed E-state index contributed by atoms with van der Waals surface area (Å²) in [5, 5.41) is 2.95. The van der Waals surface area contributed by atoms with Crippen molar-refractivity contribution in [2.75, 3.05) is 13.1 Å². The van der Waals surface area contributed by atoms with E-state index in [1.165, 1.54) is 6.07 Å². The van der Waals surface area contributed by atoms with E-state index in [0.717, 1.165) is 11.3 Å². The van der Waals surface area contributed by atoms with Gasteiger partial charge in [0.15, 0.2) is 0 Å². The Morgan fingerprint density at radius 2 is 2.16 bits per heavy atom. The normalized spacial score (nSPS) is 11.8. The number of rotatable bonds is 6. The lowest BCUT2D eigenvalue weighted by Crippen LogP contribution is -2.38. The van der Waals surface area contributed by atoms with E-state index in [9.17, 15) is 13.2 Å². The number of halogens is 2. The molecule has 0 unspecified atom stereocenters. The predicted octanol–water partition coefficient (Wildman–Crippen LogP) is 2.21. The van der Waals surface area contributed by atoms with Gasteiger partial charge in [0.25, 0.3) is 10.0 Å². The minimum atomic E-state index is -3.70. The molecule has 9 heteroatoms. The molecule has 1 aromatic rings. The van der Waals surface area contributed by atoms with Crippen molar-refractivity contribution in [3.63, 3.8) is 0 Å². The van der Waals surface area contributed by atoms with Crippen molar-refractivity contribution in [2.45, 2.75) is 18.1 Å². The van der Waals surface area contributed by atoms with Gasteiger partial charge in [0.05, 0.1) is 15.4 Å². The summed E-state index contributed by atoms with van der Waals surface area (Å²) in [6.07, 6.45) is 0. The molecule has 108 valence electrons. The fourth-order valence-electron chi connectivity index (χ4n) is 1.07. The van der Waals surface area contributed by atoms with Crippen molar-refractivity contribution < 1.29 is 13.2 Å². The van der Waals surface area contributed by atoms with Crippen LogP contribution >= 0.6 is 38.9 Å². The number of hydrogen-bond acceptors (Lipinski definition) is 4. The quantitative estimate of drug-likeness (QED) is 0.783. The average molecular weight is 390 g/mol. The van der Waals surface area contributed by atoms with Crippen LogP contribution < -0.4 is 10.0 Å². The highest BCUT2D eigenvalue weighted by Crippen LogP contribution is 2.34. The molecule has 0 aliphatic carbocycles. The Bertz CT molecular complexity index is 538. The molecule has 1 heterocycles. The Labute approximate surface area is 129 Å². The van der Waals surface area contributed by atoms with Crippen molar-refractivity contribution in [2.24, 2.45) is 5.92 Å². The van der Waals surface area contributed by atoms with Crippen molar-refractivity contribution in [1.29, 1.82) is 0 Å². The molecule has 0 aromatic carbocycles. The molecule has 1 aromatic heterocycles. The van der Waals surface area contributed by atoms with Gasteiger partial charge in [0.1, 0.15) is 4.21 Å². The van der Waals surface area contributed by atoms with E-state index < -0.39 is 10.0 Å². The predicted molar refractivity (Wildman–Crippen MR) is 80.1 cm³/mol. The molecule has 0 spiro atoms. The number of thiophene rings is 1. The molecule has 0 bridgehead atoms. The van der Waals surface area contributed by atoms with Gasteiger partial charge < -0.3 is 5.32 Å². The molecule has 1 amide bonds.